The van der Waals surface area contributed by atoms with Gasteiger partial charge in [-0.1, -0.05) is 42.7 Å². The van der Waals surface area contributed by atoms with Crippen molar-refractivity contribution in [3.8, 4) is 0 Å². The first-order valence-electron chi connectivity index (χ1n) is 7.08. The summed E-state index contributed by atoms with van der Waals surface area (Å²) < 4.78 is 4.93. The largest absolute Gasteiger partial charge is 0.469 e. The maximum absolute atomic E-state index is 11.9. The highest BCUT2D eigenvalue weighted by atomic mass is 16.5. The zero-order valence-electron chi connectivity index (χ0n) is 11.8. The summed E-state index contributed by atoms with van der Waals surface area (Å²) in [6.07, 6.45) is 5.04. The normalized spacial score (nSPS) is 17.4. The smallest absolute Gasteiger partial charge is 0.314 e. The van der Waals surface area contributed by atoms with Gasteiger partial charge in [-0.05, 0) is 25.3 Å². The molecule has 1 unspecified atom stereocenters. The summed E-state index contributed by atoms with van der Waals surface area (Å²) in [7, 11) is 1.46. The molecular formula is C16H23NO2. The van der Waals surface area contributed by atoms with Crippen LogP contribution in [0.2, 0.25) is 0 Å². The van der Waals surface area contributed by atoms with Gasteiger partial charge in [0, 0.05) is 12.6 Å². The van der Waals surface area contributed by atoms with Crippen LogP contribution < -0.4 is 5.32 Å². The predicted molar refractivity (Wildman–Crippen MR) is 76.2 cm³/mol. The van der Waals surface area contributed by atoms with E-state index in [-0.39, 0.29) is 11.9 Å². The second-order valence-electron chi connectivity index (χ2n) is 5.38. The van der Waals surface area contributed by atoms with Crippen molar-refractivity contribution in [2.75, 3.05) is 13.7 Å². The van der Waals surface area contributed by atoms with Gasteiger partial charge in [-0.3, -0.25) is 4.79 Å². The lowest BCUT2D eigenvalue weighted by molar-refractivity contribution is -0.142. The Bertz CT molecular complexity index is 407. The van der Waals surface area contributed by atoms with Crippen molar-refractivity contribution in [2.24, 2.45) is 0 Å². The molecule has 3 nitrogen and oxygen atoms in total. The first kappa shape index (κ1) is 14.1. The molecule has 1 N–H and O–H groups in total. The first-order chi connectivity index (χ1) is 9.20. The van der Waals surface area contributed by atoms with Gasteiger partial charge in [0.25, 0.3) is 0 Å². The van der Waals surface area contributed by atoms with E-state index in [4.69, 9.17) is 4.74 Å². The molecule has 2 rings (SSSR count). The highest BCUT2D eigenvalue weighted by Gasteiger charge is 2.23. The van der Waals surface area contributed by atoms with E-state index in [0.717, 1.165) is 5.56 Å². The van der Waals surface area contributed by atoms with E-state index in [9.17, 15) is 4.79 Å². The molecule has 0 saturated heterocycles. The zero-order valence-corrected chi connectivity index (χ0v) is 11.8. The van der Waals surface area contributed by atoms with Crippen molar-refractivity contribution in [2.45, 2.75) is 44.6 Å². The lowest BCUT2D eigenvalue weighted by Gasteiger charge is -2.19. The second kappa shape index (κ2) is 6.71. The molecule has 1 saturated carbocycles. The van der Waals surface area contributed by atoms with Gasteiger partial charge in [0.05, 0.1) is 13.0 Å². The van der Waals surface area contributed by atoms with Crippen LogP contribution in [0.1, 0.15) is 42.7 Å². The molecule has 19 heavy (non-hydrogen) atoms. The molecule has 0 aromatic heterocycles. The fraction of sp³-hybridized carbons (Fsp3) is 0.562. The van der Waals surface area contributed by atoms with E-state index in [1.165, 1.54) is 38.4 Å². The maximum Gasteiger partial charge on any atom is 0.314 e. The van der Waals surface area contributed by atoms with Crippen molar-refractivity contribution < 1.29 is 9.53 Å². The number of hydrogen-bond acceptors (Lipinski definition) is 3. The quantitative estimate of drug-likeness (QED) is 0.828. The third-order valence-electron chi connectivity index (χ3n) is 3.93. The Hall–Kier alpha value is -1.35. The minimum absolute atomic E-state index is 0.158. The van der Waals surface area contributed by atoms with Gasteiger partial charge in [0.15, 0.2) is 0 Å². The molecule has 0 bridgehead atoms. The minimum atomic E-state index is -0.203. The van der Waals surface area contributed by atoms with Crippen LogP contribution >= 0.6 is 0 Å². The van der Waals surface area contributed by atoms with Crippen molar-refractivity contribution >= 4 is 5.97 Å². The van der Waals surface area contributed by atoms with E-state index >= 15 is 0 Å². The summed E-state index contributed by atoms with van der Waals surface area (Å²) in [6, 6.07) is 8.69. The summed E-state index contributed by atoms with van der Waals surface area (Å²) in [5, 5.41) is 3.51. The Morgan fingerprint density at radius 2 is 1.95 bits per heavy atom. The Balaban J connectivity index is 2.02. The average Bonchev–Trinajstić information content (AvgIpc) is 2.93. The molecule has 1 atom stereocenters. The SMILES string of the molecule is COC(=O)C(CNC1CCCC1)c1ccc(C)cc1. The molecule has 0 radical (unpaired) electrons. The van der Waals surface area contributed by atoms with Crippen LogP contribution in [0.3, 0.4) is 0 Å². The highest BCUT2D eigenvalue weighted by molar-refractivity contribution is 5.78. The summed E-state index contributed by atoms with van der Waals surface area (Å²) in [5.41, 5.74) is 2.24. The molecule has 1 aromatic carbocycles. The number of carbonyl (C=O) groups excluding carboxylic acids is 1. The summed E-state index contributed by atoms with van der Waals surface area (Å²) in [5.74, 6) is -0.361. The summed E-state index contributed by atoms with van der Waals surface area (Å²) in [4.78, 5) is 11.9. The number of rotatable bonds is 5. The molecule has 1 fully saturated rings. The number of benzene rings is 1. The lowest BCUT2D eigenvalue weighted by atomic mass is 9.97. The van der Waals surface area contributed by atoms with Gasteiger partial charge < -0.3 is 10.1 Å². The fourth-order valence-electron chi connectivity index (χ4n) is 2.69. The van der Waals surface area contributed by atoms with Crippen LogP contribution in [0.15, 0.2) is 24.3 Å². The number of ether oxygens (including phenoxy) is 1. The third-order valence-corrected chi connectivity index (χ3v) is 3.93. The monoisotopic (exact) mass is 261 g/mol. The second-order valence-corrected chi connectivity index (χ2v) is 5.38. The van der Waals surface area contributed by atoms with E-state index in [1.807, 2.05) is 31.2 Å². The van der Waals surface area contributed by atoms with Crippen LogP contribution in [0.5, 0.6) is 0 Å². The van der Waals surface area contributed by atoms with Gasteiger partial charge in [-0.15, -0.1) is 0 Å². The molecule has 0 heterocycles. The number of esters is 1. The first-order valence-corrected chi connectivity index (χ1v) is 7.08. The van der Waals surface area contributed by atoms with E-state index < -0.39 is 0 Å². The third kappa shape index (κ3) is 3.80. The van der Waals surface area contributed by atoms with E-state index in [2.05, 4.69) is 5.32 Å². The Labute approximate surface area is 115 Å². The Kier molecular flexibility index (Phi) is 4.97. The molecule has 1 aromatic rings. The summed E-state index contributed by atoms with van der Waals surface area (Å²) in [6.45, 7) is 2.72. The van der Waals surface area contributed by atoms with Crippen LogP contribution in [-0.4, -0.2) is 25.7 Å². The van der Waals surface area contributed by atoms with E-state index in [1.54, 1.807) is 0 Å². The van der Waals surface area contributed by atoms with Gasteiger partial charge in [0.1, 0.15) is 0 Å². The molecule has 1 aliphatic rings. The van der Waals surface area contributed by atoms with Crippen molar-refractivity contribution in [1.82, 2.24) is 5.32 Å². The van der Waals surface area contributed by atoms with Crippen molar-refractivity contribution in [3.05, 3.63) is 35.4 Å². The number of aryl methyl sites for hydroxylation is 1. The molecule has 1 aliphatic carbocycles. The molecule has 0 spiro atoms. The summed E-state index contributed by atoms with van der Waals surface area (Å²) >= 11 is 0. The molecule has 104 valence electrons. The molecule has 0 amide bonds. The Morgan fingerprint density at radius 3 is 2.53 bits per heavy atom. The van der Waals surface area contributed by atoms with E-state index in [0.29, 0.717) is 12.6 Å². The van der Waals surface area contributed by atoms with Crippen LogP contribution in [-0.2, 0) is 9.53 Å². The average molecular weight is 261 g/mol. The van der Waals surface area contributed by atoms with Crippen LogP contribution in [0, 0.1) is 6.92 Å². The Morgan fingerprint density at radius 1 is 1.32 bits per heavy atom. The maximum atomic E-state index is 11.9. The van der Waals surface area contributed by atoms with Gasteiger partial charge >= 0.3 is 5.97 Å². The number of nitrogens with one attached hydrogen (secondary N) is 1. The van der Waals surface area contributed by atoms with Crippen molar-refractivity contribution in [3.63, 3.8) is 0 Å². The number of hydrogen-bond donors (Lipinski definition) is 1. The fourth-order valence-corrected chi connectivity index (χ4v) is 2.69. The number of methoxy groups -OCH3 is 1. The standard InChI is InChI=1S/C16H23NO2/c1-12-7-9-13(10-8-12)15(16(18)19-2)11-17-14-5-3-4-6-14/h7-10,14-15,17H,3-6,11H2,1-2H3. The number of carbonyl (C=O) groups is 1. The molecule has 0 aliphatic heterocycles. The van der Waals surface area contributed by atoms with Crippen LogP contribution in [0.25, 0.3) is 0 Å². The zero-order chi connectivity index (χ0) is 13.7. The highest BCUT2D eigenvalue weighted by Crippen LogP contribution is 2.21. The van der Waals surface area contributed by atoms with Gasteiger partial charge in [0.2, 0.25) is 0 Å². The predicted octanol–water partition coefficient (Wildman–Crippen LogP) is 2.78. The van der Waals surface area contributed by atoms with Gasteiger partial charge in [-0.2, -0.15) is 0 Å². The minimum Gasteiger partial charge on any atom is -0.469 e. The molecular weight excluding hydrogens is 238 g/mol. The lowest BCUT2D eigenvalue weighted by Crippen LogP contribution is -2.33. The topological polar surface area (TPSA) is 38.3 Å². The molecule has 3 heteroatoms. The van der Waals surface area contributed by atoms with Crippen LogP contribution in [0.4, 0.5) is 0 Å². The van der Waals surface area contributed by atoms with Crippen molar-refractivity contribution in [1.29, 1.82) is 0 Å². The van der Waals surface area contributed by atoms with Gasteiger partial charge in [-0.25, -0.2) is 0 Å².